The zero-order valence-electron chi connectivity index (χ0n) is 5.12. The molecule has 1 aliphatic heterocycles. The van der Waals surface area contributed by atoms with E-state index in [1.165, 1.54) is 18.9 Å². The molecule has 1 unspecified atom stereocenters. The summed E-state index contributed by atoms with van der Waals surface area (Å²) in [6.07, 6.45) is 0. The number of hydrogen-bond acceptors (Lipinski definition) is 4. The van der Waals surface area contributed by atoms with Crippen LogP contribution in [0.5, 0.6) is 0 Å². The third kappa shape index (κ3) is 1.59. The maximum absolute atomic E-state index is 10.6. The van der Waals surface area contributed by atoms with Gasteiger partial charge in [-0.2, -0.15) is 0 Å². The Morgan fingerprint density at radius 1 is 1.89 bits per heavy atom. The van der Waals surface area contributed by atoms with Crippen molar-refractivity contribution in [2.75, 3.05) is 19.5 Å². The van der Waals surface area contributed by atoms with Crippen LogP contribution in [0.15, 0.2) is 0 Å². The molecular formula is C5H8O3S. The molecule has 0 bridgehead atoms. The average Bonchev–Trinajstić information content (AvgIpc) is 2.37. The van der Waals surface area contributed by atoms with Gasteiger partial charge in [0.15, 0.2) is 0 Å². The fraction of sp³-hybridized carbons (Fsp3) is 0.800. The van der Waals surface area contributed by atoms with Crippen LogP contribution in [-0.2, 0) is 14.3 Å². The molecule has 0 N–H and O–H groups in total. The van der Waals surface area contributed by atoms with Gasteiger partial charge in [-0.1, -0.05) is 0 Å². The average molecular weight is 148 g/mol. The summed E-state index contributed by atoms with van der Waals surface area (Å²) in [6, 6.07) is 0. The second-order valence-electron chi connectivity index (χ2n) is 1.60. The second-order valence-corrected chi connectivity index (χ2v) is 2.77. The highest BCUT2D eigenvalue weighted by atomic mass is 32.2. The van der Waals surface area contributed by atoms with Crippen molar-refractivity contribution >= 4 is 17.7 Å². The second kappa shape index (κ2) is 3.08. The van der Waals surface area contributed by atoms with Gasteiger partial charge in [-0.25, -0.2) is 4.79 Å². The van der Waals surface area contributed by atoms with E-state index in [-0.39, 0.29) is 11.4 Å². The molecule has 1 atom stereocenters. The zero-order valence-corrected chi connectivity index (χ0v) is 5.94. The van der Waals surface area contributed by atoms with E-state index in [1.807, 2.05) is 0 Å². The summed E-state index contributed by atoms with van der Waals surface area (Å²) in [4.78, 5) is 10.6. The van der Waals surface area contributed by atoms with Crippen LogP contribution >= 0.6 is 11.8 Å². The van der Waals surface area contributed by atoms with E-state index in [2.05, 4.69) is 4.74 Å². The molecule has 52 valence electrons. The molecule has 0 aromatic carbocycles. The third-order valence-electron chi connectivity index (χ3n) is 1.02. The van der Waals surface area contributed by atoms with E-state index in [0.717, 1.165) is 5.75 Å². The Hall–Kier alpha value is -0.220. The molecule has 0 spiro atoms. The fourth-order valence-corrected chi connectivity index (χ4v) is 1.42. The van der Waals surface area contributed by atoms with Gasteiger partial charge in [0.25, 0.3) is 0 Å². The zero-order chi connectivity index (χ0) is 6.69. The quantitative estimate of drug-likeness (QED) is 0.499. The first-order valence-corrected chi connectivity index (χ1v) is 3.70. The van der Waals surface area contributed by atoms with Crippen molar-refractivity contribution in [3.63, 3.8) is 0 Å². The van der Waals surface area contributed by atoms with Crippen LogP contribution in [0.4, 0.5) is 0 Å². The predicted molar refractivity (Wildman–Crippen MR) is 34.2 cm³/mol. The summed E-state index contributed by atoms with van der Waals surface area (Å²) in [5.41, 5.74) is -0.366. The first kappa shape index (κ1) is 6.89. The largest absolute Gasteiger partial charge is 0.466 e. The lowest BCUT2D eigenvalue weighted by Gasteiger charge is -2.03. The molecule has 0 saturated carbocycles. The maximum Gasteiger partial charge on any atom is 0.345 e. The fourth-order valence-electron chi connectivity index (χ4n) is 0.591. The van der Waals surface area contributed by atoms with E-state index < -0.39 is 0 Å². The third-order valence-corrected chi connectivity index (χ3v) is 2.05. The van der Waals surface area contributed by atoms with Gasteiger partial charge < -0.3 is 9.47 Å². The van der Waals surface area contributed by atoms with Gasteiger partial charge in [0.05, 0.1) is 13.7 Å². The Bertz CT molecular complexity index is 109. The molecule has 3 nitrogen and oxygen atoms in total. The summed E-state index contributed by atoms with van der Waals surface area (Å²) in [7, 11) is 1.37. The van der Waals surface area contributed by atoms with Gasteiger partial charge in [-0.15, -0.1) is 11.8 Å². The number of ether oxygens (including phenoxy) is 2. The standard InChI is InChI=1S/C5H8O3S/c1-7-4(6)5-8-2-3-9-5/h5H,2-3H2,1H3. The van der Waals surface area contributed by atoms with Crippen molar-refractivity contribution in [1.82, 2.24) is 0 Å². The molecule has 1 aliphatic rings. The molecule has 4 heteroatoms. The van der Waals surface area contributed by atoms with Gasteiger partial charge in [0.2, 0.25) is 5.44 Å². The summed E-state index contributed by atoms with van der Waals surface area (Å²) >= 11 is 1.48. The van der Waals surface area contributed by atoms with Crippen molar-refractivity contribution in [1.29, 1.82) is 0 Å². The number of methoxy groups -OCH3 is 1. The Morgan fingerprint density at radius 3 is 3.11 bits per heavy atom. The number of carbonyl (C=O) groups is 1. The van der Waals surface area contributed by atoms with Gasteiger partial charge in [-0.05, 0) is 0 Å². The molecule has 0 aliphatic carbocycles. The highest BCUT2D eigenvalue weighted by Gasteiger charge is 2.24. The van der Waals surface area contributed by atoms with Gasteiger partial charge in [0.1, 0.15) is 0 Å². The van der Waals surface area contributed by atoms with Crippen LogP contribution in [0.25, 0.3) is 0 Å². The normalized spacial score (nSPS) is 26.1. The lowest BCUT2D eigenvalue weighted by Crippen LogP contribution is -2.17. The minimum absolute atomic E-state index is 0.280. The number of hydrogen-bond donors (Lipinski definition) is 0. The van der Waals surface area contributed by atoms with Crippen LogP contribution in [0.1, 0.15) is 0 Å². The molecule has 0 amide bonds. The molecule has 0 aromatic heterocycles. The Balaban J connectivity index is 2.32. The van der Waals surface area contributed by atoms with Crippen LogP contribution in [0, 0.1) is 0 Å². The predicted octanol–water partition coefficient (Wildman–Crippen LogP) is 0.249. The van der Waals surface area contributed by atoms with E-state index >= 15 is 0 Å². The molecule has 9 heavy (non-hydrogen) atoms. The molecular weight excluding hydrogens is 140 g/mol. The van der Waals surface area contributed by atoms with Gasteiger partial charge >= 0.3 is 5.97 Å². The van der Waals surface area contributed by atoms with Crippen LogP contribution in [0.3, 0.4) is 0 Å². The van der Waals surface area contributed by atoms with Gasteiger partial charge in [0, 0.05) is 5.75 Å². The minimum atomic E-state index is -0.366. The summed E-state index contributed by atoms with van der Waals surface area (Å²) in [5.74, 6) is 0.609. The lowest BCUT2D eigenvalue weighted by atomic mass is 10.7. The number of esters is 1. The summed E-state index contributed by atoms with van der Waals surface area (Å²) in [5, 5.41) is 0. The summed E-state index contributed by atoms with van der Waals surface area (Å²) in [6.45, 7) is 0.657. The Kier molecular flexibility index (Phi) is 2.36. The van der Waals surface area contributed by atoms with Crippen LogP contribution in [-0.4, -0.2) is 30.9 Å². The van der Waals surface area contributed by atoms with Crippen LogP contribution in [0.2, 0.25) is 0 Å². The van der Waals surface area contributed by atoms with Crippen molar-refractivity contribution in [2.24, 2.45) is 0 Å². The highest BCUT2D eigenvalue weighted by molar-refractivity contribution is 8.00. The minimum Gasteiger partial charge on any atom is -0.466 e. The molecule has 1 saturated heterocycles. The Labute approximate surface area is 57.7 Å². The van der Waals surface area contributed by atoms with E-state index in [9.17, 15) is 4.79 Å². The lowest BCUT2D eigenvalue weighted by molar-refractivity contribution is -0.147. The van der Waals surface area contributed by atoms with Crippen molar-refractivity contribution < 1.29 is 14.3 Å². The number of rotatable bonds is 1. The molecule has 1 fully saturated rings. The van der Waals surface area contributed by atoms with Crippen LogP contribution < -0.4 is 0 Å². The smallest absolute Gasteiger partial charge is 0.345 e. The monoisotopic (exact) mass is 148 g/mol. The SMILES string of the molecule is COC(=O)C1OCCS1. The topological polar surface area (TPSA) is 35.5 Å². The molecule has 1 heterocycles. The Morgan fingerprint density at radius 2 is 2.67 bits per heavy atom. The maximum atomic E-state index is 10.6. The van der Waals surface area contributed by atoms with E-state index in [1.54, 1.807) is 0 Å². The van der Waals surface area contributed by atoms with E-state index in [0.29, 0.717) is 6.61 Å². The van der Waals surface area contributed by atoms with Gasteiger partial charge in [-0.3, -0.25) is 0 Å². The summed E-state index contributed by atoms with van der Waals surface area (Å²) < 4.78 is 9.44. The first-order valence-electron chi connectivity index (χ1n) is 2.65. The first-order chi connectivity index (χ1) is 4.34. The number of carbonyl (C=O) groups excluding carboxylic acids is 1. The molecule has 0 aromatic rings. The van der Waals surface area contributed by atoms with Crippen molar-refractivity contribution in [2.45, 2.75) is 5.44 Å². The van der Waals surface area contributed by atoms with E-state index in [4.69, 9.17) is 4.74 Å². The molecule has 1 rings (SSSR count). The number of thioether (sulfide) groups is 1. The van der Waals surface area contributed by atoms with Crippen molar-refractivity contribution in [3.8, 4) is 0 Å². The van der Waals surface area contributed by atoms with Crippen molar-refractivity contribution in [3.05, 3.63) is 0 Å². The highest BCUT2D eigenvalue weighted by Crippen LogP contribution is 2.19. The molecule has 0 radical (unpaired) electrons.